The molecule has 0 saturated carbocycles. The van der Waals surface area contributed by atoms with Crippen molar-refractivity contribution in [2.45, 2.75) is 0 Å². The van der Waals surface area contributed by atoms with Crippen LogP contribution in [0.5, 0.6) is 0 Å². The summed E-state index contributed by atoms with van der Waals surface area (Å²) in [5.74, 6) is 0. The maximum absolute atomic E-state index is 8.54. The van der Waals surface area contributed by atoms with Crippen molar-refractivity contribution in [1.29, 1.82) is 0 Å². The van der Waals surface area contributed by atoms with Crippen molar-refractivity contribution in [3.63, 3.8) is 0 Å². The molecule has 0 fully saturated rings. The van der Waals surface area contributed by atoms with Crippen molar-refractivity contribution in [3.8, 4) is 0 Å². The molecular formula is CH3OPRh. The predicted molar refractivity (Wildman–Crippen MR) is 16.8 cm³/mol. The summed E-state index contributed by atoms with van der Waals surface area (Å²) in [5, 5.41) is 0. The fourth-order valence-corrected chi connectivity index (χ4v) is 0. The van der Waals surface area contributed by atoms with E-state index in [-0.39, 0.29) is 19.5 Å². The van der Waals surface area contributed by atoms with Crippen LogP contribution in [0.15, 0.2) is 0 Å². The van der Waals surface area contributed by atoms with E-state index in [0.717, 1.165) is 0 Å². The zero-order chi connectivity index (χ0) is 2.71. The fraction of sp³-hybridized carbons (Fsp3) is 0. The van der Waals surface area contributed by atoms with Crippen LogP contribution >= 0.6 is 8.86 Å². The van der Waals surface area contributed by atoms with Crippen LogP contribution in [0.3, 0.4) is 0 Å². The first-order chi connectivity index (χ1) is 1.41. The summed E-state index contributed by atoms with van der Waals surface area (Å²) in [6.07, 6.45) is 0. The molecule has 0 aromatic rings. The van der Waals surface area contributed by atoms with Gasteiger partial charge in [-0.05, 0) is 0 Å². The molecule has 0 saturated heterocycles. The van der Waals surface area contributed by atoms with Gasteiger partial charge in [-0.15, -0.1) is 0 Å². The summed E-state index contributed by atoms with van der Waals surface area (Å²) < 4.78 is 0. The number of hydrogen-bond donors (Lipinski definition) is 0. The molecule has 27 valence electrons. The number of hydrogen-bond acceptors (Lipinski definition) is 1. The molecule has 0 aliphatic heterocycles. The van der Waals surface area contributed by atoms with E-state index < -0.39 is 0 Å². The van der Waals surface area contributed by atoms with E-state index >= 15 is 0 Å². The first-order valence-electron chi connectivity index (χ1n) is 0.428. The summed E-state index contributed by atoms with van der Waals surface area (Å²) in [4.78, 5) is 8.54. The molecule has 0 aliphatic rings. The molecule has 0 amide bonds. The standard InChI is InChI=1S/COP.Rh.3H/c2-1-3;;;;. The Morgan fingerprint density at radius 3 is 1.75 bits per heavy atom. The molecule has 0 spiro atoms. The molecule has 4 heavy (non-hydrogen) atoms. The SMILES string of the molecule is O=C=[P].[RhH3]. The Kier molecular flexibility index (Phi) is 21.4. The summed E-state index contributed by atoms with van der Waals surface area (Å²) in [6.45, 7) is 0. The van der Waals surface area contributed by atoms with Crippen LogP contribution in [-0.4, -0.2) is 5.66 Å². The van der Waals surface area contributed by atoms with Crippen LogP contribution in [0.2, 0.25) is 0 Å². The van der Waals surface area contributed by atoms with Gasteiger partial charge < -0.3 is 0 Å². The van der Waals surface area contributed by atoms with Crippen LogP contribution < -0.4 is 0 Å². The third-order valence-electron chi connectivity index (χ3n) is 0. The summed E-state index contributed by atoms with van der Waals surface area (Å²) in [7, 11) is 2.98. The molecule has 0 unspecified atom stereocenters. The third kappa shape index (κ3) is 22.3. The first-order valence-corrected chi connectivity index (χ1v) is 0.875. The van der Waals surface area contributed by atoms with E-state index in [1.54, 1.807) is 0 Å². The van der Waals surface area contributed by atoms with Gasteiger partial charge in [-0.1, -0.05) is 0 Å². The van der Waals surface area contributed by atoms with Gasteiger partial charge in [0.1, 0.15) is 0 Å². The van der Waals surface area contributed by atoms with Crippen LogP contribution in [0.1, 0.15) is 0 Å². The molecular weight excluding hydrogens is 162 g/mol. The Hall–Kier alpha value is 0.503. The summed E-state index contributed by atoms with van der Waals surface area (Å²) in [5.41, 5.74) is 1.19. The van der Waals surface area contributed by atoms with Gasteiger partial charge in [0.15, 0.2) is 5.66 Å². The van der Waals surface area contributed by atoms with E-state index in [2.05, 4.69) is 8.86 Å². The van der Waals surface area contributed by atoms with E-state index in [4.69, 9.17) is 4.79 Å². The van der Waals surface area contributed by atoms with E-state index in [9.17, 15) is 0 Å². The van der Waals surface area contributed by atoms with Crippen LogP contribution in [0, 0.1) is 0 Å². The van der Waals surface area contributed by atoms with Gasteiger partial charge >= 0.3 is 19.5 Å². The van der Waals surface area contributed by atoms with E-state index in [1.807, 2.05) is 0 Å². The van der Waals surface area contributed by atoms with Gasteiger partial charge in [0, 0.05) is 0 Å². The number of rotatable bonds is 0. The molecule has 0 atom stereocenters. The van der Waals surface area contributed by atoms with Gasteiger partial charge in [0.2, 0.25) is 0 Å². The second-order valence-electron chi connectivity index (χ2n) is 0.0913. The number of carbonyl (C=O) groups excluding carboxylic acids is 1. The Labute approximate surface area is 39.4 Å². The zero-order valence-electron chi connectivity index (χ0n) is 1.76. The average molecular weight is 165 g/mol. The molecule has 0 bridgehead atoms. The summed E-state index contributed by atoms with van der Waals surface area (Å²) >= 11 is 0. The van der Waals surface area contributed by atoms with Crippen LogP contribution in [0.4, 0.5) is 0 Å². The topological polar surface area (TPSA) is 17.1 Å². The minimum atomic E-state index is 0. The monoisotopic (exact) mass is 165 g/mol. The molecule has 3 heteroatoms. The quantitative estimate of drug-likeness (QED) is 0.354. The van der Waals surface area contributed by atoms with Crippen molar-refractivity contribution in [2.75, 3.05) is 0 Å². The van der Waals surface area contributed by atoms with Gasteiger partial charge in [0.05, 0.1) is 8.86 Å². The van der Waals surface area contributed by atoms with Gasteiger partial charge in [0.25, 0.3) is 0 Å². The maximum atomic E-state index is 8.54. The second-order valence-corrected chi connectivity index (χ2v) is 0.274. The van der Waals surface area contributed by atoms with Crippen molar-refractivity contribution in [1.82, 2.24) is 0 Å². The molecule has 0 rings (SSSR count). The Bertz CT molecular complexity index is 29.0. The van der Waals surface area contributed by atoms with Gasteiger partial charge in [-0.3, -0.25) is 0 Å². The molecule has 0 heterocycles. The second kappa shape index (κ2) is 9.71. The fourth-order valence-electron chi connectivity index (χ4n) is 0. The molecule has 0 N–H and O–H groups in total. The van der Waals surface area contributed by atoms with Crippen molar-refractivity contribution in [3.05, 3.63) is 0 Å². The Morgan fingerprint density at radius 2 is 1.75 bits per heavy atom. The van der Waals surface area contributed by atoms with Crippen LogP contribution in [0.25, 0.3) is 0 Å². The zero-order valence-corrected chi connectivity index (χ0v) is 4.67. The molecule has 0 aromatic carbocycles. The van der Waals surface area contributed by atoms with Crippen molar-refractivity contribution >= 4 is 14.5 Å². The van der Waals surface area contributed by atoms with Gasteiger partial charge in [-0.25, -0.2) is 4.79 Å². The molecule has 1 nitrogen and oxygen atoms in total. The van der Waals surface area contributed by atoms with Crippen molar-refractivity contribution < 1.29 is 24.3 Å². The minimum absolute atomic E-state index is 0. The average Bonchev–Trinajstić information content (AvgIpc) is 0.918. The van der Waals surface area contributed by atoms with Gasteiger partial charge in [-0.2, -0.15) is 0 Å². The molecule has 0 aromatic heterocycles. The predicted octanol–water partition coefficient (Wildman–Crippen LogP) is -0.342. The normalized spacial score (nSPS) is 2.00. The first kappa shape index (κ1) is 8.82. The third-order valence-corrected chi connectivity index (χ3v) is 0. The Balaban J connectivity index is 0. The Morgan fingerprint density at radius 1 is 1.75 bits per heavy atom. The van der Waals surface area contributed by atoms with E-state index in [0.29, 0.717) is 0 Å². The van der Waals surface area contributed by atoms with E-state index in [1.165, 1.54) is 5.66 Å². The summed E-state index contributed by atoms with van der Waals surface area (Å²) in [6, 6.07) is 0. The van der Waals surface area contributed by atoms with Crippen molar-refractivity contribution in [2.24, 2.45) is 0 Å². The van der Waals surface area contributed by atoms with Crippen LogP contribution in [-0.2, 0) is 24.3 Å². The molecule has 0 aliphatic carbocycles. The molecule has 2 radical (unpaired) electrons.